The van der Waals surface area contributed by atoms with E-state index in [1.807, 2.05) is 11.3 Å². The monoisotopic (exact) mass is 167 g/mol. The summed E-state index contributed by atoms with van der Waals surface area (Å²) in [7, 11) is 0. The van der Waals surface area contributed by atoms with Crippen molar-refractivity contribution in [3.63, 3.8) is 0 Å². The molecule has 2 heteroatoms. The van der Waals surface area contributed by atoms with Gasteiger partial charge < -0.3 is 5.73 Å². The average molecular weight is 167 g/mol. The largest absolute Gasteiger partial charge is 0.328 e. The zero-order chi connectivity index (χ0) is 7.84. The zero-order valence-electron chi connectivity index (χ0n) is 6.66. The Balaban J connectivity index is 2.02. The second-order valence-corrected chi connectivity index (χ2v) is 4.36. The first kappa shape index (κ1) is 7.32. The third-order valence-electron chi connectivity index (χ3n) is 2.42. The molecule has 0 spiro atoms. The molecule has 60 valence electrons. The molecule has 1 aliphatic rings. The molecule has 1 aromatic rings. The molecule has 1 aliphatic carbocycles. The highest BCUT2D eigenvalue weighted by atomic mass is 32.1. The smallest absolute Gasteiger partial charge is 0.00796 e. The standard InChI is InChI=1S/C9H13NS/c1-6(10)7-5-8(7)9-3-2-4-11-9/h2-4,6-8H,5,10H2,1H3/t6-,7-,8+/m1/s1. The lowest BCUT2D eigenvalue weighted by molar-refractivity contribution is 0.633. The molecule has 1 heterocycles. The Bertz CT molecular complexity index is 228. The van der Waals surface area contributed by atoms with Gasteiger partial charge in [0.05, 0.1) is 0 Å². The summed E-state index contributed by atoms with van der Waals surface area (Å²) >= 11 is 1.86. The maximum atomic E-state index is 5.80. The Labute approximate surface area is 71.2 Å². The summed E-state index contributed by atoms with van der Waals surface area (Å²) in [4.78, 5) is 1.52. The van der Waals surface area contributed by atoms with Crippen molar-refractivity contribution < 1.29 is 0 Å². The van der Waals surface area contributed by atoms with E-state index in [-0.39, 0.29) is 0 Å². The van der Waals surface area contributed by atoms with Gasteiger partial charge in [-0.05, 0) is 36.6 Å². The van der Waals surface area contributed by atoms with Crippen LogP contribution in [0.2, 0.25) is 0 Å². The van der Waals surface area contributed by atoms with E-state index in [9.17, 15) is 0 Å². The first-order valence-electron chi connectivity index (χ1n) is 4.08. The van der Waals surface area contributed by atoms with E-state index in [0.717, 1.165) is 11.8 Å². The second-order valence-electron chi connectivity index (χ2n) is 3.38. The van der Waals surface area contributed by atoms with Gasteiger partial charge in [-0.25, -0.2) is 0 Å². The molecule has 3 atom stereocenters. The minimum absolute atomic E-state index is 0.377. The molecule has 0 aromatic carbocycles. The molecule has 0 bridgehead atoms. The Hall–Kier alpha value is -0.340. The fraction of sp³-hybridized carbons (Fsp3) is 0.556. The van der Waals surface area contributed by atoms with Crippen LogP contribution < -0.4 is 5.73 Å². The molecule has 0 radical (unpaired) electrons. The van der Waals surface area contributed by atoms with Gasteiger partial charge in [0.15, 0.2) is 0 Å². The van der Waals surface area contributed by atoms with Crippen LogP contribution in [0.1, 0.15) is 24.1 Å². The topological polar surface area (TPSA) is 26.0 Å². The van der Waals surface area contributed by atoms with Gasteiger partial charge in [0.1, 0.15) is 0 Å². The van der Waals surface area contributed by atoms with Gasteiger partial charge in [-0.15, -0.1) is 11.3 Å². The Kier molecular flexibility index (Phi) is 1.74. The van der Waals surface area contributed by atoms with Crippen molar-refractivity contribution in [2.75, 3.05) is 0 Å². The molecule has 0 amide bonds. The minimum atomic E-state index is 0.377. The Morgan fingerprint density at radius 3 is 3.00 bits per heavy atom. The van der Waals surface area contributed by atoms with Crippen molar-refractivity contribution in [3.8, 4) is 0 Å². The van der Waals surface area contributed by atoms with Gasteiger partial charge in [-0.1, -0.05) is 6.07 Å². The summed E-state index contributed by atoms with van der Waals surface area (Å²) in [5.74, 6) is 1.55. The van der Waals surface area contributed by atoms with Crippen LogP contribution in [-0.2, 0) is 0 Å². The van der Waals surface area contributed by atoms with Crippen molar-refractivity contribution in [3.05, 3.63) is 22.4 Å². The summed E-state index contributed by atoms with van der Waals surface area (Å²) in [6.45, 7) is 2.11. The fourth-order valence-corrected chi connectivity index (χ4v) is 2.54. The molecule has 11 heavy (non-hydrogen) atoms. The maximum Gasteiger partial charge on any atom is 0.00796 e. The van der Waals surface area contributed by atoms with E-state index in [4.69, 9.17) is 5.73 Å². The lowest BCUT2D eigenvalue weighted by atomic mass is 10.2. The molecule has 0 aliphatic heterocycles. The van der Waals surface area contributed by atoms with Crippen molar-refractivity contribution in [2.24, 2.45) is 11.7 Å². The van der Waals surface area contributed by atoms with Gasteiger partial charge >= 0.3 is 0 Å². The number of hydrogen-bond acceptors (Lipinski definition) is 2. The molecule has 1 fully saturated rings. The van der Waals surface area contributed by atoms with Crippen LogP contribution >= 0.6 is 11.3 Å². The molecule has 1 aromatic heterocycles. The van der Waals surface area contributed by atoms with Crippen LogP contribution in [0, 0.1) is 5.92 Å². The summed E-state index contributed by atoms with van der Waals surface area (Å²) < 4.78 is 0. The zero-order valence-corrected chi connectivity index (χ0v) is 7.47. The van der Waals surface area contributed by atoms with Crippen LogP contribution in [0.4, 0.5) is 0 Å². The number of hydrogen-bond donors (Lipinski definition) is 1. The normalized spacial score (nSPS) is 31.8. The highest BCUT2D eigenvalue weighted by Crippen LogP contribution is 2.50. The molecular weight excluding hydrogens is 154 g/mol. The van der Waals surface area contributed by atoms with Gasteiger partial charge in [0, 0.05) is 10.9 Å². The number of thiophene rings is 1. The maximum absolute atomic E-state index is 5.80. The third kappa shape index (κ3) is 1.33. The second kappa shape index (κ2) is 2.61. The quantitative estimate of drug-likeness (QED) is 0.718. The van der Waals surface area contributed by atoms with Crippen LogP contribution in [-0.4, -0.2) is 6.04 Å². The fourth-order valence-electron chi connectivity index (χ4n) is 1.63. The number of rotatable bonds is 2. The van der Waals surface area contributed by atoms with Crippen molar-refractivity contribution in [1.29, 1.82) is 0 Å². The number of nitrogens with two attached hydrogens (primary N) is 1. The Morgan fingerprint density at radius 1 is 1.73 bits per heavy atom. The van der Waals surface area contributed by atoms with Gasteiger partial charge in [-0.2, -0.15) is 0 Å². The summed E-state index contributed by atoms with van der Waals surface area (Å²) in [5.41, 5.74) is 5.80. The molecule has 2 N–H and O–H groups in total. The molecule has 1 nitrogen and oxygen atoms in total. The molecule has 2 rings (SSSR count). The van der Waals surface area contributed by atoms with Crippen molar-refractivity contribution >= 4 is 11.3 Å². The van der Waals surface area contributed by atoms with Crippen molar-refractivity contribution in [1.82, 2.24) is 0 Å². The first-order valence-corrected chi connectivity index (χ1v) is 4.96. The first-order chi connectivity index (χ1) is 5.29. The lowest BCUT2D eigenvalue weighted by Crippen LogP contribution is -2.17. The average Bonchev–Trinajstić information content (AvgIpc) is 2.60. The van der Waals surface area contributed by atoms with E-state index < -0.39 is 0 Å². The minimum Gasteiger partial charge on any atom is -0.328 e. The van der Waals surface area contributed by atoms with Crippen molar-refractivity contribution in [2.45, 2.75) is 25.3 Å². The molecule has 0 saturated heterocycles. The summed E-state index contributed by atoms with van der Waals surface area (Å²) in [6.07, 6.45) is 1.30. The predicted octanol–water partition coefficient (Wildman–Crippen LogP) is 2.20. The lowest BCUT2D eigenvalue weighted by Gasteiger charge is -2.00. The predicted molar refractivity (Wildman–Crippen MR) is 48.8 cm³/mol. The van der Waals surface area contributed by atoms with Crippen LogP contribution in [0.3, 0.4) is 0 Å². The highest BCUT2D eigenvalue weighted by molar-refractivity contribution is 7.10. The van der Waals surface area contributed by atoms with Gasteiger partial charge in [0.2, 0.25) is 0 Å². The van der Waals surface area contributed by atoms with E-state index in [1.54, 1.807) is 0 Å². The Morgan fingerprint density at radius 2 is 2.55 bits per heavy atom. The SMILES string of the molecule is C[C@@H](N)[C@H]1C[C@@H]1c1cccs1. The van der Waals surface area contributed by atoms with E-state index in [1.165, 1.54) is 11.3 Å². The molecule has 0 unspecified atom stereocenters. The van der Waals surface area contributed by atoms with Crippen LogP contribution in [0.25, 0.3) is 0 Å². The third-order valence-corrected chi connectivity index (χ3v) is 3.43. The molecule has 1 saturated carbocycles. The van der Waals surface area contributed by atoms with Gasteiger partial charge in [-0.3, -0.25) is 0 Å². The van der Waals surface area contributed by atoms with Crippen LogP contribution in [0.15, 0.2) is 17.5 Å². The summed E-state index contributed by atoms with van der Waals surface area (Å²) in [6, 6.07) is 4.72. The van der Waals surface area contributed by atoms with E-state index in [0.29, 0.717) is 6.04 Å². The van der Waals surface area contributed by atoms with Gasteiger partial charge in [0.25, 0.3) is 0 Å². The molecular formula is C9H13NS. The van der Waals surface area contributed by atoms with E-state index in [2.05, 4.69) is 24.4 Å². The van der Waals surface area contributed by atoms with E-state index >= 15 is 0 Å². The summed E-state index contributed by atoms with van der Waals surface area (Å²) in [5, 5.41) is 2.14. The van der Waals surface area contributed by atoms with Crippen LogP contribution in [0.5, 0.6) is 0 Å². The highest BCUT2D eigenvalue weighted by Gasteiger charge is 2.41.